The number of nitrogens with two attached hydrogens (primary N) is 1. The second kappa shape index (κ2) is 3.32. The standard InChI is InChI=1S/C8H14N2S/c1-8(2,3-4-9)7-10-5-6-11-7/h5-6H,3-4,9H2,1-2H3. The van der Waals surface area contributed by atoms with Gasteiger partial charge < -0.3 is 5.73 Å². The van der Waals surface area contributed by atoms with Crippen molar-refractivity contribution >= 4 is 11.3 Å². The molecule has 0 saturated carbocycles. The first kappa shape index (κ1) is 8.68. The Balaban J connectivity index is 2.73. The Morgan fingerprint density at radius 3 is 2.82 bits per heavy atom. The quantitative estimate of drug-likeness (QED) is 0.751. The zero-order valence-electron chi connectivity index (χ0n) is 7.00. The van der Waals surface area contributed by atoms with Gasteiger partial charge in [-0.25, -0.2) is 4.98 Å². The summed E-state index contributed by atoms with van der Waals surface area (Å²) in [5.41, 5.74) is 5.65. The van der Waals surface area contributed by atoms with E-state index in [-0.39, 0.29) is 5.41 Å². The molecular formula is C8H14N2S. The summed E-state index contributed by atoms with van der Waals surface area (Å²) in [5.74, 6) is 0. The van der Waals surface area contributed by atoms with Gasteiger partial charge in [0, 0.05) is 17.0 Å². The van der Waals surface area contributed by atoms with Crippen LogP contribution in [0, 0.1) is 0 Å². The molecule has 0 spiro atoms. The SMILES string of the molecule is CC(C)(CCN)c1nccs1. The van der Waals surface area contributed by atoms with Crippen LogP contribution in [0.15, 0.2) is 11.6 Å². The summed E-state index contributed by atoms with van der Waals surface area (Å²) in [5, 5.41) is 3.19. The monoisotopic (exact) mass is 170 g/mol. The third kappa shape index (κ3) is 2.01. The van der Waals surface area contributed by atoms with Gasteiger partial charge in [0.25, 0.3) is 0 Å². The normalized spacial score (nSPS) is 11.9. The molecule has 3 heteroatoms. The molecule has 0 bridgehead atoms. The van der Waals surface area contributed by atoms with Crippen molar-refractivity contribution in [2.45, 2.75) is 25.7 Å². The highest BCUT2D eigenvalue weighted by atomic mass is 32.1. The highest BCUT2D eigenvalue weighted by Crippen LogP contribution is 2.27. The average Bonchev–Trinajstić information content (AvgIpc) is 2.37. The van der Waals surface area contributed by atoms with Crippen molar-refractivity contribution in [2.75, 3.05) is 6.54 Å². The summed E-state index contributed by atoms with van der Waals surface area (Å²) in [6.45, 7) is 5.09. The summed E-state index contributed by atoms with van der Waals surface area (Å²) in [4.78, 5) is 4.27. The van der Waals surface area contributed by atoms with Gasteiger partial charge in [0.05, 0.1) is 5.01 Å². The van der Waals surface area contributed by atoms with Crippen molar-refractivity contribution < 1.29 is 0 Å². The van der Waals surface area contributed by atoms with E-state index < -0.39 is 0 Å². The van der Waals surface area contributed by atoms with Crippen molar-refractivity contribution in [3.8, 4) is 0 Å². The summed E-state index contributed by atoms with van der Waals surface area (Å²) in [6.07, 6.45) is 2.85. The minimum atomic E-state index is 0.156. The van der Waals surface area contributed by atoms with Gasteiger partial charge in [-0.3, -0.25) is 0 Å². The molecule has 2 N–H and O–H groups in total. The van der Waals surface area contributed by atoms with Crippen LogP contribution >= 0.6 is 11.3 Å². The molecule has 0 unspecified atom stereocenters. The number of hydrogen-bond donors (Lipinski definition) is 1. The highest BCUT2D eigenvalue weighted by molar-refractivity contribution is 7.09. The second-order valence-electron chi connectivity index (χ2n) is 3.26. The van der Waals surface area contributed by atoms with E-state index >= 15 is 0 Å². The molecule has 0 amide bonds. The Labute approximate surface area is 71.5 Å². The van der Waals surface area contributed by atoms with E-state index in [4.69, 9.17) is 5.73 Å². The first-order chi connectivity index (χ1) is 5.17. The zero-order valence-corrected chi connectivity index (χ0v) is 7.82. The summed E-state index contributed by atoms with van der Waals surface area (Å²) >= 11 is 1.70. The number of hydrogen-bond acceptors (Lipinski definition) is 3. The largest absolute Gasteiger partial charge is 0.330 e. The molecular weight excluding hydrogens is 156 g/mol. The van der Waals surface area contributed by atoms with Crippen LogP contribution in [0.2, 0.25) is 0 Å². The molecule has 0 aliphatic rings. The van der Waals surface area contributed by atoms with Crippen molar-refractivity contribution in [3.63, 3.8) is 0 Å². The van der Waals surface area contributed by atoms with E-state index in [1.54, 1.807) is 11.3 Å². The number of thiazole rings is 1. The predicted molar refractivity (Wildman–Crippen MR) is 48.8 cm³/mol. The van der Waals surface area contributed by atoms with Crippen LogP contribution in [-0.4, -0.2) is 11.5 Å². The van der Waals surface area contributed by atoms with Gasteiger partial charge in [-0.1, -0.05) is 13.8 Å². The molecule has 11 heavy (non-hydrogen) atoms. The molecule has 0 atom stereocenters. The van der Waals surface area contributed by atoms with Gasteiger partial charge in [-0.2, -0.15) is 0 Å². The first-order valence-corrected chi connectivity index (χ1v) is 4.65. The van der Waals surface area contributed by atoms with Crippen molar-refractivity contribution in [2.24, 2.45) is 5.73 Å². The molecule has 0 aliphatic heterocycles. The molecule has 2 nitrogen and oxygen atoms in total. The Kier molecular flexibility index (Phi) is 2.62. The van der Waals surface area contributed by atoms with E-state index in [9.17, 15) is 0 Å². The maximum absolute atomic E-state index is 5.50. The summed E-state index contributed by atoms with van der Waals surface area (Å²) in [7, 11) is 0. The Morgan fingerprint density at radius 2 is 2.36 bits per heavy atom. The van der Waals surface area contributed by atoms with E-state index in [1.165, 1.54) is 5.01 Å². The van der Waals surface area contributed by atoms with Crippen LogP contribution in [0.25, 0.3) is 0 Å². The van der Waals surface area contributed by atoms with Gasteiger partial charge in [0.2, 0.25) is 0 Å². The minimum absolute atomic E-state index is 0.156. The molecule has 0 aliphatic carbocycles. The van der Waals surface area contributed by atoms with Crippen LogP contribution in [0.5, 0.6) is 0 Å². The highest BCUT2D eigenvalue weighted by Gasteiger charge is 2.21. The average molecular weight is 170 g/mol. The fourth-order valence-corrected chi connectivity index (χ4v) is 1.82. The lowest BCUT2D eigenvalue weighted by molar-refractivity contribution is 0.485. The van der Waals surface area contributed by atoms with Gasteiger partial charge in [-0.05, 0) is 13.0 Å². The molecule has 0 radical (unpaired) electrons. The smallest absolute Gasteiger partial charge is 0.0981 e. The summed E-state index contributed by atoms with van der Waals surface area (Å²) < 4.78 is 0. The van der Waals surface area contributed by atoms with Crippen LogP contribution in [0.4, 0.5) is 0 Å². The van der Waals surface area contributed by atoms with Crippen molar-refractivity contribution in [1.29, 1.82) is 0 Å². The second-order valence-corrected chi connectivity index (χ2v) is 4.15. The number of aromatic nitrogens is 1. The third-order valence-corrected chi connectivity index (χ3v) is 2.92. The Bertz CT molecular complexity index is 204. The van der Waals surface area contributed by atoms with E-state index in [0.717, 1.165) is 13.0 Å². The lowest BCUT2D eigenvalue weighted by Gasteiger charge is -2.20. The lowest BCUT2D eigenvalue weighted by Crippen LogP contribution is -2.21. The van der Waals surface area contributed by atoms with Crippen LogP contribution < -0.4 is 5.73 Å². The van der Waals surface area contributed by atoms with Crippen LogP contribution in [0.1, 0.15) is 25.3 Å². The molecule has 1 heterocycles. The third-order valence-electron chi connectivity index (χ3n) is 1.78. The fourth-order valence-electron chi connectivity index (χ4n) is 1.03. The van der Waals surface area contributed by atoms with Crippen LogP contribution in [0.3, 0.4) is 0 Å². The van der Waals surface area contributed by atoms with Crippen molar-refractivity contribution in [1.82, 2.24) is 4.98 Å². The first-order valence-electron chi connectivity index (χ1n) is 3.77. The molecule has 1 rings (SSSR count). The van der Waals surface area contributed by atoms with Gasteiger partial charge in [0.15, 0.2) is 0 Å². The summed E-state index contributed by atoms with van der Waals surface area (Å²) in [6, 6.07) is 0. The molecule has 1 aromatic heterocycles. The van der Waals surface area contributed by atoms with Gasteiger partial charge in [0.1, 0.15) is 0 Å². The van der Waals surface area contributed by atoms with E-state index in [2.05, 4.69) is 18.8 Å². The Morgan fingerprint density at radius 1 is 1.64 bits per heavy atom. The molecule has 0 aromatic carbocycles. The lowest BCUT2D eigenvalue weighted by atomic mass is 9.90. The maximum Gasteiger partial charge on any atom is 0.0981 e. The topological polar surface area (TPSA) is 38.9 Å². The fraction of sp³-hybridized carbons (Fsp3) is 0.625. The minimum Gasteiger partial charge on any atom is -0.330 e. The van der Waals surface area contributed by atoms with Crippen molar-refractivity contribution in [3.05, 3.63) is 16.6 Å². The number of nitrogens with zero attached hydrogens (tertiary/aromatic N) is 1. The Hall–Kier alpha value is -0.410. The van der Waals surface area contributed by atoms with E-state index in [0.29, 0.717) is 0 Å². The molecule has 62 valence electrons. The van der Waals surface area contributed by atoms with Gasteiger partial charge in [-0.15, -0.1) is 11.3 Å². The van der Waals surface area contributed by atoms with Gasteiger partial charge >= 0.3 is 0 Å². The molecule has 1 aromatic rings. The zero-order chi connectivity index (χ0) is 8.32. The maximum atomic E-state index is 5.50. The van der Waals surface area contributed by atoms with Crippen LogP contribution in [-0.2, 0) is 5.41 Å². The number of rotatable bonds is 3. The molecule has 0 fully saturated rings. The molecule has 0 saturated heterocycles. The van der Waals surface area contributed by atoms with E-state index in [1.807, 2.05) is 11.6 Å². The predicted octanol–water partition coefficient (Wildman–Crippen LogP) is 1.77.